The van der Waals surface area contributed by atoms with E-state index in [1.165, 1.54) is 5.56 Å². The van der Waals surface area contributed by atoms with Crippen molar-refractivity contribution in [1.29, 1.82) is 0 Å². The molecule has 2 heterocycles. The number of hydrogen-bond donors (Lipinski definition) is 1. The molecule has 0 radical (unpaired) electrons. The van der Waals surface area contributed by atoms with Crippen LogP contribution >= 0.6 is 0 Å². The quantitative estimate of drug-likeness (QED) is 0.543. The zero-order chi connectivity index (χ0) is 25.6. The van der Waals surface area contributed by atoms with Crippen LogP contribution in [0.3, 0.4) is 0 Å². The highest BCUT2D eigenvalue weighted by atomic mass is 16.5. The molecule has 3 atom stereocenters. The van der Waals surface area contributed by atoms with Crippen molar-refractivity contribution in [1.82, 2.24) is 9.80 Å². The Hall–Kier alpha value is -3.59. The number of aliphatic hydroxyl groups excluding tert-OH is 1. The van der Waals surface area contributed by atoms with Crippen molar-refractivity contribution in [3.63, 3.8) is 0 Å². The Morgan fingerprint density at radius 3 is 2.22 bits per heavy atom. The molecule has 0 unspecified atom stereocenters. The second kappa shape index (κ2) is 11.6. The Morgan fingerprint density at radius 1 is 0.919 bits per heavy atom. The van der Waals surface area contributed by atoms with Gasteiger partial charge in [-0.05, 0) is 66.9 Å². The molecule has 0 aliphatic carbocycles. The maximum Gasteiger partial charge on any atom is 0.227 e. The third-order valence-electron chi connectivity index (χ3n) is 7.66. The van der Waals surface area contributed by atoms with Crippen molar-refractivity contribution >= 4 is 5.91 Å². The van der Waals surface area contributed by atoms with Crippen LogP contribution in [0.25, 0.3) is 0 Å². The Bertz CT molecular complexity index is 1250. The fourth-order valence-electron chi connectivity index (χ4n) is 5.66. The van der Waals surface area contributed by atoms with E-state index in [4.69, 9.17) is 4.74 Å². The van der Waals surface area contributed by atoms with Crippen LogP contribution in [0.15, 0.2) is 78.9 Å². The summed E-state index contributed by atoms with van der Waals surface area (Å²) in [5.41, 5.74) is 4.14. The fourth-order valence-corrected chi connectivity index (χ4v) is 5.66. The number of carbonyl (C=O) groups excluding carboxylic acids is 1. The highest BCUT2D eigenvalue weighted by Gasteiger charge is 2.49. The van der Waals surface area contributed by atoms with E-state index in [0.717, 1.165) is 48.4 Å². The number of aliphatic hydroxyl groups is 1. The zero-order valence-corrected chi connectivity index (χ0v) is 21.3. The number of fused-ring (bicyclic) bond motifs is 1. The summed E-state index contributed by atoms with van der Waals surface area (Å²) in [4.78, 5) is 17.7. The van der Waals surface area contributed by atoms with Crippen molar-refractivity contribution in [2.45, 2.75) is 37.3 Å². The SMILES string of the molecule is COc1ccc(C#Cc2ccc([C@H]3[C@H](CO)N4CCCCN(C(=O)Cc5ccccc5)C[C@@H]34)cc2)cc1. The van der Waals surface area contributed by atoms with Crippen molar-refractivity contribution in [2.75, 3.05) is 33.4 Å². The lowest BCUT2D eigenvalue weighted by atomic mass is 9.74. The van der Waals surface area contributed by atoms with Gasteiger partial charge in [-0.3, -0.25) is 9.69 Å². The molecule has 2 saturated heterocycles. The minimum Gasteiger partial charge on any atom is -0.497 e. The first-order chi connectivity index (χ1) is 18.2. The third-order valence-corrected chi connectivity index (χ3v) is 7.66. The van der Waals surface area contributed by atoms with Gasteiger partial charge < -0.3 is 14.7 Å². The van der Waals surface area contributed by atoms with Gasteiger partial charge >= 0.3 is 0 Å². The number of nitrogens with zero attached hydrogens (tertiary/aromatic N) is 2. The molecule has 5 nitrogen and oxygen atoms in total. The standard InChI is InChI=1S/C32H34N2O3/c1-37-28-17-13-25(14-18-28)10-9-24-11-15-27(16-12-24)32-29-22-33(19-5-6-20-34(29)30(32)23-35)31(36)21-26-7-3-2-4-8-26/h2-4,7-8,11-18,29-30,32,35H,5-6,19-23H2,1H3/t29-,30-,32+/m0/s1. The average molecular weight is 495 g/mol. The van der Waals surface area contributed by atoms with Crippen molar-refractivity contribution in [3.05, 3.63) is 101 Å². The largest absolute Gasteiger partial charge is 0.497 e. The number of methoxy groups -OCH3 is 1. The van der Waals surface area contributed by atoms with Crippen LogP contribution in [0.5, 0.6) is 5.75 Å². The van der Waals surface area contributed by atoms with Gasteiger partial charge in [-0.25, -0.2) is 0 Å². The Kier molecular flexibility index (Phi) is 7.89. The van der Waals surface area contributed by atoms with Crippen LogP contribution in [0, 0.1) is 11.8 Å². The molecule has 190 valence electrons. The summed E-state index contributed by atoms with van der Waals surface area (Å²) in [7, 11) is 1.65. The van der Waals surface area contributed by atoms with Crippen LogP contribution in [-0.2, 0) is 11.2 Å². The first-order valence-corrected chi connectivity index (χ1v) is 13.1. The smallest absolute Gasteiger partial charge is 0.227 e. The molecule has 2 aliphatic rings. The molecular weight excluding hydrogens is 460 g/mol. The molecule has 5 heteroatoms. The van der Waals surface area contributed by atoms with E-state index < -0.39 is 0 Å². The summed E-state index contributed by atoms with van der Waals surface area (Å²) in [6, 6.07) is 26.4. The molecule has 3 aromatic rings. The molecule has 0 aromatic heterocycles. The zero-order valence-electron chi connectivity index (χ0n) is 21.3. The molecule has 0 saturated carbocycles. The minimum atomic E-state index is 0.0883. The molecule has 5 rings (SSSR count). The predicted octanol–water partition coefficient (Wildman–Crippen LogP) is 4.09. The van der Waals surface area contributed by atoms with E-state index in [9.17, 15) is 9.90 Å². The summed E-state index contributed by atoms with van der Waals surface area (Å²) >= 11 is 0. The summed E-state index contributed by atoms with van der Waals surface area (Å²) in [5.74, 6) is 7.65. The molecule has 0 spiro atoms. The van der Waals surface area contributed by atoms with Crippen molar-refractivity contribution in [3.8, 4) is 17.6 Å². The molecule has 1 N–H and O–H groups in total. The van der Waals surface area contributed by atoms with Gasteiger partial charge in [0, 0.05) is 42.2 Å². The number of rotatable bonds is 5. The summed E-state index contributed by atoms with van der Waals surface area (Å²) in [6.45, 7) is 2.59. The second-order valence-electron chi connectivity index (χ2n) is 9.89. The molecular formula is C32H34N2O3. The van der Waals surface area contributed by atoms with E-state index in [1.807, 2.05) is 59.5 Å². The van der Waals surface area contributed by atoms with Crippen LogP contribution in [-0.4, -0.2) is 66.2 Å². The lowest BCUT2D eigenvalue weighted by Gasteiger charge is -2.57. The fraction of sp³-hybridized carbons (Fsp3) is 0.344. The number of hydrogen-bond acceptors (Lipinski definition) is 4. The lowest BCUT2D eigenvalue weighted by Crippen LogP contribution is -2.68. The van der Waals surface area contributed by atoms with Gasteiger partial charge in [-0.1, -0.05) is 54.3 Å². The van der Waals surface area contributed by atoms with Crippen LogP contribution in [0.1, 0.15) is 41.0 Å². The summed E-state index contributed by atoms with van der Waals surface area (Å²) in [5, 5.41) is 10.2. The summed E-state index contributed by atoms with van der Waals surface area (Å²) in [6.07, 6.45) is 2.46. The Labute approximate surface area is 219 Å². The van der Waals surface area contributed by atoms with Gasteiger partial charge in [0.1, 0.15) is 5.75 Å². The van der Waals surface area contributed by atoms with Gasteiger partial charge in [-0.2, -0.15) is 0 Å². The van der Waals surface area contributed by atoms with Gasteiger partial charge in [0.25, 0.3) is 0 Å². The highest BCUT2D eigenvalue weighted by Crippen LogP contribution is 2.42. The van der Waals surface area contributed by atoms with Crippen LogP contribution in [0.2, 0.25) is 0 Å². The van der Waals surface area contributed by atoms with Gasteiger partial charge in [0.2, 0.25) is 5.91 Å². The monoisotopic (exact) mass is 494 g/mol. The normalized spacial score (nSPS) is 21.5. The van der Waals surface area contributed by atoms with Gasteiger partial charge in [0.15, 0.2) is 0 Å². The second-order valence-corrected chi connectivity index (χ2v) is 9.89. The topological polar surface area (TPSA) is 53.0 Å². The summed E-state index contributed by atoms with van der Waals surface area (Å²) < 4.78 is 5.21. The molecule has 2 aliphatic heterocycles. The van der Waals surface area contributed by atoms with E-state index in [-0.39, 0.29) is 30.5 Å². The van der Waals surface area contributed by atoms with Gasteiger partial charge in [0.05, 0.1) is 20.1 Å². The predicted molar refractivity (Wildman–Crippen MR) is 145 cm³/mol. The Balaban J connectivity index is 1.30. The van der Waals surface area contributed by atoms with Crippen LogP contribution < -0.4 is 4.74 Å². The molecule has 2 fully saturated rings. The van der Waals surface area contributed by atoms with Crippen molar-refractivity contribution < 1.29 is 14.6 Å². The Morgan fingerprint density at radius 2 is 1.57 bits per heavy atom. The van der Waals surface area contributed by atoms with Gasteiger partial charge in [-0.15, -0.1) is 0 Å². The average Bonchev–Trinajstić information content (AvgIpc) is 2.92. The number of benzene rings is 3. The highest BCUT2D eigenvalue weighted by molar-refractivity contribution is 5.78. The molecule has 3 aromatic carbocycles. The van der Waals surface area contributed by atoms with E-state index in [2.05, 4.69) is 41.0 Å². The van der Waals surface area contributed by atoms with E-state index in [1.54, 1.807) is 7.11 Å². The van der Waals surface area contributed by atoms with Crippen LogP contribution in [0.4, 0.5) is 0 Å². The third kappa shape index (κ3) is 5.72. The van der Waals surface area contributed by atoms with Crippen molar-refractivity contribution in [2.24, 2.45) is 0 Å². The number of carbonyl (C=O) groups is 1. The van der Waals surface area contributed by atoms with E-state index >= 15 is 0 Å². The number of ether oxygens (including phenoxy) is 1. The minimum absolute atomic E-state index is 0.0883. The first kappa shape index (κ1) is 25.1. The maximum atomic E-state index is 13.2. The maximum absolute atomic E-state index is 13.2. The molecule has 37 heavy (non-hydrogen) atoms. The molecule has 0 bridgehead atoms. The lowest BCUT2D eigenvalue weighted by molar-refractivity contribution is -0.135. The van der Waals surface area contributed by atoms with E-state index in [0.29, 0.717) is 13.0 Å². The number of amides is 1. The molecule has 1 amide bonds. The first-order valence-electron chi connectivity index (χ1n) is 13.1.